The molecule has 22 heavy (non-hydrogen) atoms. The molecule has 0 radical (unpaired) electrons. The zero-order valence-electron chi connectivity index (χ0n) is 12.8. The van der Waals surface area contributed by atoms with E-state index in [0.717, 1.165) is 5.56 Å². The lowest BCUT2D eigenvalue weighted by Gasteiger charge is -2.07. The first-order valence-corrected chi connectivity index (χ1v) is 7.26. The molecule has 2 rings (SSSR count). The van der Waals surface area contributed by atoms with Gasteiger partial charge in [0.05, 0.1) is 0 Å². The fourth-order valence-electron chi connectivity index (χ4n) is 2.23. The van der Waals surface area contributed by atoms with Crippen molar-refractivity contribution < 1.29 is 9.59 Å². The Morgan fingerprint density at radius 2 is 1.82 bits per heavy atom. The van der Waals surface area contributed by atoms with E-state index in [2.05, 4.69) is 16.7 Å². The normalized spacial score (nSPS) is 10.1. The van der Waals surface area contributed by atoms with E-state index in [1.54, 1.807) is 31.3 Å². The van der Waals surface area contributed by atoms with Crippen molar-refractivity contribution in [3.05, 3.63) is 65.2 Å². The molecule has 0 bridgehead atoms. The number of anilines is 1. The van der Waals surface area contributed by atoms with Gasteiger partial charge in [-0.25, -0.2) is 0 Å². The van der Waals surface area contributed by atoms with E-state index in [-0.39, 0.29) is 11.8 Å². The summed E-state index contributed by atoms with van der Waals surface area (Å²) in [5, 5.41) is 5.39. The molecule has 0 heterocycles. The van der Waals surface area contributed by atoms with Gasteiger partial charge in [0.2, 0.25) is 5.91 Å². The molecule has 114 valence electrons. The molecule has 2 N–H and O–H groups in total. The Balaban J connectivity index is 1.93. The van der Waals surface area contributed by atoms with Crippen LogP contribution < -0.4 is 10.6 Å². The fourth-order valence-corrected chi connectivity index (χ4v) is 2.23. The van der Waals surface area contributed by atoms with Crippen molar-refractivity contribution in [3.63, 3.8) is 0 Å². The first-order valence-electron chi connectivity index (χ1n) is 7.26. The zero-order valence-corrected chi connectivity index (χ0v) is 12.8. The van der Waals surface area contributed by atoms with Crippen molar-refractivity contribution in [2.24, 2.45) is 0 Å². The molecule has 2 amide bonds. The minimum Gasteiger partial charge on any atom is -0.355 e. The lowest BCUT2D eigenvalue weighted by atomic mass is 10.1. The van der Waals surface area contributed by atoms with Crippen molar-refractivity contribution in [2.75, 3.05) is 12.4 Å². The van der Waals surface area contributed by atoms with E-state index in [1.807, 2.05) is 25.1 Å². The van der Waals surface area contributed by atoms with Crippen LogP contribution in [-0.2, 0) is 11.2 Å². The third kappa shape index (κ3) is 4.45. The molecular formula is C18H20N2O2. The first-order chi connectivity index (χ1) is 10.6. The maximum Gasteiger partial charge on any atom is 0.251 e. The van der Waals surface area contributed by atoms with Crippen molar-refractivity contribution in [1.29, 1.82) is 0 Å². The highest BCUT2D eigenvalue weighted by atomic mass is 16.2. The van der Waals surface area contributed by atoms with Gasteiger partial charge in [-0.1, -0.05) is 35.9 Å². The first kappa shape index (κ1) is 15.8. The predicted octanol–water partition coefficient (Wildman–Crippen LogP) is 2.93. The molecule has 0 spiro atoms. The lowest BCUT2D eigenvalue weighted by Crippen LogP contribution is -2.18. The van der Waals surface area contributed by atoms with Gasteiger partial charge in [0.15, 0.2) is 0 Å². The molecule has 0 unspecified atom stereocenters. The summed E-state index contributed by atoms with van der Waals surface area (Å²) in [6.07, 6.45) is 1.11. The number of benzene rings is 2. The van der Waals surface area contributed by atoms with Crippen LogP contribution in [0.1, 0.15) is 27.9 Å². The number of carbonyl (C=O) groups excluding carboxylic acids is 2. The summed E-state index contributed by atoms with van der Waals surface area (Å²) in [7, 11) is 1.58. The minimum absolute atomic E-state index is 0.0597. The molecule has 4 nitrogen and oxygen atoms in total. The molecule has 4 heteroatoms. The van der Waals surface area contributed by atoms with E-state index in [4.69, 9.17) is 0 Å². The highest BCUT2D eigenvalue weighted by molar-refractivity contribution is 5.97. The number of aryl methyl sites for hydroxylation is 2. The molecule has 0 aromatic heterocycles. The lowest BCUT2D eigenvalue weighted by molar-refractivity contribution is -0.116. The predicted molar refractivity (Wildman–Crippen MR) is 88.0 cm³/mol. The van der Waals surface area contributed by atoms with Crippen LogP contribution in [0.5, 0.6) is 0 Å². The molecule has 0 atom stereocenters. The molecule has 2 aromatic carbocycles. The van der Waals surface area contributed by atoms with Gasteiger partial charge in [-0.15, -0.1) is 0 Å². The molecule has 0 aliphatic carbocycles. The van der Waals surface area contributed by atoms with Gasteiger partial charge >= 0.3 is 0 Å². The molecule has 0 saturated heterocycles. The van der Waals surface area contributed by atoms with E-state index in [0.29, 0.717) is 24.1 Å². The molecule has 0 aliphatic rings. The number of amides is 2. The monoisotopic (exact) mass is 296 g/mol. The number of hydrogen-bond acceptors (Lipinski definition) is 2. The third-order valence-corrected chi connectivity index (χ3v) is 3.36. The molecule has 2 aromatic rings. The maximum atomic E-state index is 12.0. The van der Waals surface area contributed by atoms with E-state index >= 15 is 0 Å². The van der Waals surface area contributed by atoms with Crippen LogP contribution in [0.4, 0.5) is 5.69 Å². The Labute approximate surface area is 130 Å². The van der Waals surface area contributed by atoms with Crippen molar-refractivity contribution >= 4 is 17.5 Å². The third-order valence-electron chi connectivity index (χ3n) is 3.36. The number of nitrogens with one attached hydrogen (secondary N) is 2. The van der Waals surface area contributed by atoms with Gasteiger partial charge < -0.3 is 10.6 Å². The van der Waals surface area contributed by atoms with Crippen LogP contribution in [0.3, 0.4) is 0 Å². The Morgan fingerprint density at radius 3 is 2.55 bits per heavy atom. The van der Waals surface area contributed by atoms with Gasteiger partial charge in [-0.2, -0.15) is 0 Å². The number of carbonyl (C=O) groups is 2. The summed E-state index contributed by atoms with van der Waals surface area (Å²) in [6.45, 7) is 2.04. The van der Waals surface area contributed by atoms with Gasteiger partial charge in [0, 0.05) is 24.7 Å². The van der Waals surface area contributed by atoms with Crippen LogP contribution in [-0.4, -0.2) is 18.9 Å². The fraction of sp³-hybridized carbons (Fsp3) is 0.222. The number of hydrogen-bond donors (Lipinski definition) is 2. The summed E-state index contributed by atoms with van der Waals surface area (Å²) in [5.41, 5.74) is 3.50. The van der Waals surface area contributed by atoms with Gasteiger partial charge in [0.25, 0.3) is 5.91 Å². The van der Waals surface area contributed by atoms with Crippen molar-refractivity contribution in [2.45, 2.75) is 19.8 Å². The second-order valence-electron chi connectivity index (χ2n) is 5.20. The SMILES string of the molecule is CNC(=O)c1cccc(NC(=O)CCc2cccc(C)c2)c1. The highest BCUT2D eigenvalue weighted by Gasteiger charge is 2.07. The second-order valence-corrected chi connectivity index (χ2v) is 5.20. The van der Waals surface area contributed by atoms with E-state index in [1.165, 1.54) is 5.56 Å². The summed E-state index contributed by atoms with van der Waals surface area (Å²) in [4.78, 5) is 23.6. The van der Waals surface area contributed by atoms with Crippen LogP contribution in [0.25, 0.3) is 0 Å². The van der Waals surface area contributed by atoms with Gasteiger partial charge in [-0.3, -0.25) is 9.59 Å². The summed E-state index contributed by atoms with van der Waals surface area (Å²) in [6, 6.07) is 15.0. The Kier molecular flexibility index (Phi) is 5.31. The average Bonchev–Trinajstić information content (AvgIpc) is 2.52. The van der Waals surface area contributed by atoms with Crippen LogP contribution in [0, 0.1) is 6.92 Å². The maximum absolute atomic E-state index is 12.0. The van der Waals surface area contributed by atoms with Crippen LogP contribution >= 0.6 is 0 Å². The minimum atomic E-state index is -0.171. The average molecular weight is 296 g/mol. The standard InChI is InChI=1S/C18H20N2O2/c1-13-5-3-6-14(11-13)9-10-17(21)20-16-8-4-7-15(12-16)18(22)19-2/h3-8,11-12H,9-10H2,1-2H3,(H,19,22)(H,20,21). The summed E-state index contributed by atoms with van der Waals surface area (Å²) < 4.78 is 0. The van der Waals surface area contributed by atoms with Crippen LogP contribution in [0.2, 0.25) is 0 Å². The number of rotatable bonds is 5. The van der Waals surface area contributed by atoms with Crippen molar-refractivity contribution in [1.82, 2.24) is 5.32 Å². The van der Waals surface area contributed by atoms with E-state index in [9.17, 15) is 9.59 Å². The highest BCUT2D eigenvalue weighted by Crippen LogP contribution is 2.12. The molecular weight excluding hydrogens is 276 g/mol. The van der Waals surface area contributed by atoms with Gasteiger partial charge in [0.1, 0.15) is 0 Å². The quantitative estimate of drug-likeness (QED) is 0.891. The summed E-state index contributed by atoms with van der Waals surface area (Å²) in [5.74, 6) is -0.230. The topological polar surface area (TPSA) is 58.2 Å². The second kappa shape index (κ2) is 7.41. The van der Waals surface area contributed by atoms with Gasteiger partial charge in [-0.05, 0) is 37.1 Å². The van der Waals surface area contributed by atoms with Crippen molar-refractivity contribution in [3.8, 4) is 0 Å². The van der Waals surface area contributed by atoms with Crippen LogP contribution in [0.15, 0.2) is 48.5 Å². The molecule has 0 saturated carbocycles. The largest absolute Gasteiger partial charge is 0.355 e. The Morgan fingerprint density at radius 1 is 1.05 bits per heavy atom. The Hall–Kier alpha value is -2.62. The zero-order chi connectivity index (χ0) is 15.9. The summed E-state index contributed by atoms with van der Waals surface area (Å²) >= 11 is 0. The van der Waals surface area contributed by atoms with E-state index < -0.39 is 0 Å². The molecule has 0 fully saturated rings. The smallest absolute Gasteiger partial charge is 0.251 e. The molecule has 0 aliphatic heterocycles. The Bertz CT molecular complexity index is 680.